The van der Waals surface area contributed by atoms with Crippen LogP contribution in [0.15, 0.2) is 41.0 Å². The van der Waals surface area contributed by atoms with Crippen molar-refractivity contribution >= 4 is 44.8 Å². The van der Waals surface area contributed by atoms with Gasteiger partial charge in [-0.1, -0.05) is 23.7 Å². The van der Waals surface area contributed by atoms with Crippen molar-refractivity contribution in [2.75, 3.05) is 17.2 Å². The van der Waals surface area contributed by atoms with Crippen LogP contribution in [-0.4, -0.2) is 23.5 Å². The number of amides is 1. The molecule has 1 atom stereocenters. The van der Waals surface area contributed by atoms with Gasteiger partial charge in [-0.2, -0.15) is 0 Å². The fourth-order valence-corrected chi connectivity index (χ4v) is 2.46. The van der Waals surface area contributed by atoms with E-state index < -0.39 is 6.10 Å². The number of nitrogens with zero attached hydrogens (tertiary/aromatic N) is 1. The van der Waals surface area contributed by atoms with Gasteiger partial charge >= 0.3 is 0 Å². The summed E-state index contributed by atoms with van der Waals surface area (Å²) in [6.07, 6.45) is 0.933. The van der Waals surface area contributed by atoms with Gasteiger partial charge < -0.3 is 15.4 Å². The van der Waals surface area contributed by atoms with Gasteiger partial charge in [-0.25, -0.2) is 4.98 Å². The van der Waals surface area contributed by atoms with Crippen LogP contribution >= 0.6 is 27.5 Å². The van der Waals surface area contributed by atoms with Crippen LogP contribution in [0.1, 0.15) is 0 Å². The zero-order chi connectivity index (χ0) is 14.8. The number of carbonyl (C=O) groups is 1. The minimum Gasteiger partial charge on any atom is -0.477 e. The maximum Gasteiger partial charge on any atom is 0.267 e. The quantitative estimate of drug-likeness (QED) is 0.798. The summed E-state index contributed by atoms with van der Waals surface area (Å²) >= 11 is 9.24. The van der Waals surface area contributed by atoms with Crippen molar-refractivity contribution in [3.8, 4) is 5.75 Å². The van der Waals surface area contributed by atoms with Crippen LogP contribution in [0.2, 0.25) is 5.15 Å². The molecule has 0 fully saturated rings. The fraction of sp³-hybridized carbons (Fsp3) is 0.143. The number of hydrogen-bond donors (Lipinski definition) is 2. The lowest BCUT2D eigenvalue weighted by atomic mass is 10.2. The summed E-state index contributed by atoms with van der Waals surface area (Å²) in [5, 5.41) is 6.12. The Morgan fingerprint density at radius 1 is 1.48 bits per heavy atom. The first-order valence-corrected chi connectivity index (χ1v) is 7.42. The number of benzene rings is 1. The molecule has 5 nitrogen and oxygen atoms in total. The van der Waals surface area contributed by atoms with Crippen LogP contribution < -0.4 is 15.4 Å². The van der Waals surface area contributed by atoms with E-state index in [1.807, 2.05) is 24.3 Å². The van der Waals surface area contributed by atoms with Gasteiger partial charge in [0.2, 0.25) is 0 Å². The second-order valence-corrected chi connectivity index (χ2v) is 5.74. The van der Waals surface area contributed by atoms with Crippen molar-refractivity contribution in [3.05, 3.63) is 46.2 Å². The van der Waals surface area contributed by atoms with E-state index in [1.54, 1.807) is 12.3 Å². The number of ether oxygens (including phenoxy) is 1. The molecule has 108 valence electrons. The molecule has 1 aromatic carbocycles. The molecular formula is C14H11BrClN3O2. The Kier molecular flexibility index (Phi) is 3.98. The highest BCUT2D eigenvalue weighted by atomic mass is 79.9. The van der Waals surface area contributed by atoms with E-state index >= 15 is 0 Å². The number of aromatic nitrogens is 1. The fourth-order valence-electron chi connectivity index (χ4n) is 1.98. The Balaban J connectivity index is 1.74. The number of halogens is 2. The smallest absolute Gasteiger partial charge is 0.267 e. The van der Waals surface area contributed by atoms with Gasteiger partial charge in [0, 0.05) is 10.7 Å². The van der Waals surface area contributed by atoms with Crippen molar-refractivity contribution in [3.63, 3.8) is 0 Å². The van der Waals surface area contributed by atoms with Crippen molar-refractivity contribution < 1.29 is 9.53 Å². The number of nitrogens with one attached hydrogen (secondary N) is 2. The summed E-state index contributed by atoms with van der Waals surface area (Å²) in [4.78, 5) is 16.2. The molecular weight excluding hydrogens is 358 g/mol. The number of anilines is 2. The van der Waals surface area contributed by atoms with Crippen LogP contribution in [0.25, 0.3) is 0 Å². The van der Waals surface area contributed by atoms with Crippen LogP contribution in [0.5, 0.6) is 5.75 Å². The van der Waals surface area contributed by atoms with Gasteiger partial charge in [0.25, 0.3) is 5.91 Å². The SMILES string of the molecule is O=C(Nc1cc(Br)cnc1Cl)C1CNc2ccccc2O1. The molecule has 0 radical (unpaired) electrons. The average Bonchev–Trinajstić information content (AvgIpc) is 2.50. The van der Waals surface area contributed by atoms with Crippen molar-refractivity contribution in [1.29, 1.82) is 0 Å². The second kappa shape index (κ2) is 5.91. The molecule has 0 spiro atoms. The largest absolute Gasteiger partial charge is 0.477 e. The topological polar surface area (TPSA) is 63.2 Å². The highest BCUT2D eigenvalue weighted by Crippen LogP contribution is 2.29. The van der Waals surface area contributed by atoms with Crippen molar-refractivity contribution in [2.45, 2.75) is 6.10 Å². The molecule has 0 bridgehead atoms. The Hall–Kier alpha value is -1.79. The molecule has 1 amide bonds. The summed E-state index contributed by atoms with van der Waals surface area (Å²) in [7, 11) is 0. The lowest BCUT2D eigenvalue weighted by Crippen LogP contribution is -2.41. The van der Waals surface area contributed by atoms with E-state index in [-0.39, 0.29) is 11.1 Å². The van der Waals surface area contributed by atoms with E-state index in [0.717, 1.165) is 10.2 Å². The lowest BCUT2D eigenvalue weighted by molar-refractivity contribution is -0.122. The van der Waals surface area contributed by atoms with E-state index in [4.69, 9.17) is 16.3 Å². The summed E-state index contributed by atoms with van der Waals surface area (Å²) in [6, 6.07) is 9.17. The molecule has 0 saturated heterocycles. The first kappa shape index (κ1) is 14.2. The molecule has 1 aromatic heterocycles. The summed E-state index contributed by atoms with van der Waals surface area (Å²) in [5.74, 6) is 0.376. The molecule has 2 N–H and O–H groups in total. The number of carbonyl (C=O) groups excluding carboxylic acids is 1. The zero-order valence-electron chi connectivity index (χ0n) is 10.8. The highest BCUT2D eigenvalue weighted by molar-refractivity contribution is 9.10. The first-order chi connectivity index (χ1) is 10.1. The predicted octanol–water partition coefficient (Wildman–Crippen LogP) is 3.31. The average molecular weight is 369 g/mol. The van der Waals surface area contributed by atoms with Gasteiger partial charge in [0.05, 0.1) is 17.9 Å². The summed E-state index contributed by atoms with van der Waals surface area (Å²) in [6.45, 7) is 0.391. The molecule has 1 aliphatic heterocycles. The van der Waals surface area contributed by atoms with Gasteiger partial charge in [-0.15, -0.1) is 0 Å². The van der Waals surface area contributed by atoms with Crippen LogP contribution in [0, 0.1) is 0 Å². The van der Waals surface area contributed by atoms with Crippen LogP contribution in [-0.2, 0) is 4.79 Å². The normalized spacial score (nSPS) is 16.4. The molecule has 1 aliphatic rings. The number of para-hydroxylation sites is 2. The third-order valence-electron chi connectivity index (χ3n) is 2.99. The molecule has 21 heavy (non-hydrogen) atoms. The minimum absolute atomic E-state index is 0.232. The van der Waals surface area contributed by atoms with E-state index in [9.17, 15) is 4.79 Å². The second-order valence-electron chi connectivity index (χ2n) is 4.46. The van der Waals surface area contributed by atoms with Gasteiger partial charge in [0.15, 0.2) is 11.3 Å². The Morgan fingerprint density at radius 3 is 3.14 bits per heavy atom. The van der Waals surface area contributed by atoms with Crippen molar-refractivity contribution in [2.24, 2.45) is 0 Å². The van der Waals surface area contributed by atoms with Gasteiger partial charge in [0.1, 0.15) is 5.75 Å². The Morgan fingerprint density at radius 2 is 2.29 bits per heavy atom. The first-order valence-electron chi connectivity index (χ1n) is 6.25. The van der Waals surface area contributed by atoms with E-state index in [1.165, 1.54) is 0 Å². The maximum atomic E-state index is 12.3. The van der Waals surface area contributed by atoms with Crippen LogP contribution in [0.4, 0.5) is 11.4 Å². The number of fused-ring (bicyclic) bond motifs is 1. The third-order valence-corrected chi connectivity index (χ3v) is 3.73. The predicted molar refractivity (Wildman–Crippen MR) is 84.9 cm³/mol. The molecule has 7 heteroatoms. The molecule has 1 unspecified atom stereocenters. The standard InChI is InChI=1S/C14H11BrClN3O2/c15-8-5-10(13(16)18-6-8)19-14(20)12-7-17-9-3-1-2-4-11(9)21-12/h1-6,12,17H,7H2,(H,19,20). The maximum absolute atomic E-state index is 12.3. The number of hydrogen-bond acceptors (Lipinski definition) is 4. The van der Waals surface area contributed by atoms with E-state index in [0.29, 0.717) is 18.0 Å². The minimum atomic E-state index is -0.630. The monoisotopic (exact) mass is 367 g/mol. The number of rotatable bonds is 2. The molecule has 3 rings (SSSR count). The van der Waals surface area contributed by atoms with Crippen LogP contribution in [0.3, 0.4) is 0 Å². The third kappa shape index (κ3) is 3.11. The summed E-state index contributed by atoms with van der Waals surface area (Å²) in [5.41, 5.74) is 1.32. The Labute approximate surface area is 134 Å². The molecule has 0 saturated carbocycles. The number of pyridine rings is 1. The highest BCUT2D eigenvalue weighted by Gasteiger charge is 2.26. The lowest BCUT2D eigenvalue weighted by Gasteiger charge is -2.26. The zero-order valence-corrected chi connectivity index (χ0v) is 13.1. The van der Waals surface area contributed by atoms with Crippen molar-refractivity contribution in [1.82, 2.24) is 4.98 Å². The van der Waals surface area contributed by atoms with E-state index in [2.05, 4.69) is 31.5 Å². The Bertz CT molecular complexity index is 696. The van der Waals surface area contributed by atoms with Gasteiger partial charge in [-0.05, 0) is 34.1 Å². The summed E-state index contributed by atoms with van der Waals surface area (Å²) < 4.78 is 6.42. The van der Waals surface area contributed by atoms with Gasteiger partial charge in [-0.3, -0.25) is 4.79 Å². The molecule has 2 heterocycles. The molecule has 0 aliphatic carbocycles. The molecule has 2 aromatic rings.